The Labute approximate surface area is 104 Å². The number of hydrogen-bond donors (Lipinski definition) is 1. The number of aromatic carboxylic acids is 1. The van der Waals surface area contributed by atoms with Gasteiger partial charge in [-0.05, 0) is 54.9 Å². The Morgan fingerprint density at radius 1 is 1.50 bits per heavy atom. The second-order valence-corrected chi connectivity index (χ2v) is 4.71. The molecule has 0 bridgehead atoms. The van der Waals surface area contributed by atoms with Gasteiger partial charge in [-0.2, -0.15) is 0 Å². The van der Waals surface area contributed by atoms with E-state index < -0.39 is 5.97 Å². The molecule has 0 unspecified atom stereocenters. The van der Waals surface area contributed by atoms with E-state index in [4.69, 9.17) is 5.11 Å². The third-order valence-corrected chi connectivity index (χ3v) is 3.10. The molecule has 3 nitrogen and oxygen atoms in total. The van der Waals surface area contributed by atoms with Crippen molar-refractivity contribution in [3.05, 3.63) is 28.2 Å². The molecule has 0 aliphatic heterocycles. The van der Waals surface area contributed by atoms with Crippen molar-refractivity contribution >= 4 is 27.6 Å². The number of halogens is 1. The second-order valence-electron chi connectivity index (χ2n) is 3.85. The van der Waals surface area contributed by atoms with E-state index in [-0.39, 0.29) is 0 Å². The van der Waals surface area contributed by atoms with Gasteiger partial charge in [-0.1, -0.05) is 0 Å². The highest BCUT2D eigenvalue weighted by molar-refractivity contribution is 9.10. The molecule has 88 valence electrons. The topological polar surface area (TPSA) is 40.5 Å². The Bertz CT molecular complexity index is 391. The first-order valence-corrected chi connectivity index (χ1v) is 6.06. The fourth-order valence-electron chi connectivity index (χ4n) is 1.69. The van der Waals surface area contributed by atoms with E-state index in [9.17, 15) is 4.79 Å². The molecule has 0 atom stereocenters. The lowest BCUT2D eigenvalue weighted by Crippen LogP contribution is -2.30. The van der Waals surface area contributed by atoms with Gasteiger partial charge in [-0.15, -0.1) is 0 Å². The van der Waals surface area contributed by atoms with Crippen LogP contribution in [0.25, 0.3) is 0 Å². The number of carbonyl (C=O) groups is 1. The molecule has 0 saturated heterocycles. The Kier molecular flexibility index (Phi) is 4.35. The lowest BCUT2D eigenvalue weighted by Gasteiger charge is -2.28. The Hall–Kier alpha value is -1.03. The molecule has 0 aliphatic rings. The highest BCUT2D eigenvalue weighted by Gasteiger charge is 2.13. The molecule has 1 rings (SSSR count). The van der Waals surface area contributed by atoms with Crippen LogP contribution >= 0.6 is 15.9 Å². The van der Waals surface area contributed by atoms with Gasteiger partial charge in [0, 0.05) is 17.1 Å². The van der Waals surface area contributed by atoms with Crippen LogP contribution in [-0.2, 0) is 0 Å². The van der Waals surface area contributed by atoms with Crippen molar-refractivity contribution in [3.63, 3.8) is 0 Å². The van der Waals surface area contributed by atoms with Gasteiger partial charge in [-0.25, -0.2) is 4.79 Å². The number of nitrogens with zero attached hydrogens (tertiary/aromatic N) is 1. The van der Waals surface area contributed by atoms with Crippen LogP contribution < -0.4 is 4.90 Å². The maximum atomic E-state index is 10.8. The minimum Gasteiger partial charge on any atom is -0.478 e. The molecule has 4 heteroatoms. The number of carboxylic acids is 1. The van der Waals surface area contributed by atoms with Crippen molar-refractivity contribution < 1.29 is 9.90 Å². The molecule has 0 heterocycles. The van der Waals surface area contributed by atoms with E-state index in [1.807, 2.05) is 6.07 Å². The van der Waals surface area contributed by atoms with Gasteiger partial charge in [0.1, 0.15) is 0 Å². The summed E-state index contributed by atoms with van der Waals surface area (Å²) < 4.78 is 0.822. The summed E-state index contributed by atoms with van der Waals surface area (Å²) in [5.74, 6) is -0.903. The maximum Gasteiger partial charge on any atom is 0.335 e. The predicted molar refractivity (Wildman–Crippen MR) is 69.3 cm³/mol. The monoisotopic (exact) mass is 285 g/mol. The molecule has 0 aliphatic carbocycles. The van der Waals surface area contributed by atoms with E-state index in [2.05, 4.69) is 41.6 Å². The van der Waals surface area contributed by atoms with E-state index in [0.29, 0.717) is 11.6 Å². The Morgan fingerprint density at radius 2 is 2.12 bits per heavy atom. The number of carboxylic acid groups (broad SMARTS) is 1. The number of hydrogen-bond acceptors (Lipinski definition) is 2. The zero-order valence-electron chi connectivity index (χ0n) is 9.70. The lowest BCUT2D eigenvalue weighted by molar-refractivity contribution is 0.0697. The van der Waals surface area contributed by atoms with Gasteiger partial charge < -0.3 is 10.0 Å². The van der Waals surface area contributed by atoms with Crippen LogP contribution in [-0.4, -0.2) is 23.7 Å². The third kappa shape index (κ3) is 2.76. The summed E-state index contributed by atoms with van der Waals surface area (Å²) in [4.78, 5) is 13.0. The third-order valence-electron chi connectivity index (χ3n) is 2.47. The van der Waals surface area contributed by atoms with Crippen LogP contribution in [0.3, 0.4) is 0 Å². The molecule has 0 fully saturated rings. The molecule has 0 amide bonds. The molecule has 0 aromatic heterocycles. The summed E-state index contributed by atoms with van der Waals surface area (Å²) in [7, 11) is 0. The summed E-state index contributed by atoms with van der Waals surface area (Å²) in [6, 6.07) is 5.50. The SMILES string of the molecule is CCN(c1ccc(C(=O)O)cc1Br)C(C)C. The molecule has 0 saturated carbocycles. The van der Waals surface area contributed by atoms with E-state index >= 15 is 0 Å². The summed E-state index contributed by atoms with van der Waals surface area (Å²) in [5, 5.41) is 8.87. The first kappa shape index (κ1) is 13.0. The van der Waals surface area contributed by atoms with Crippen molar-refractivity contribution in [1.82, 2.24) is 0 Å². The van der Waals surface area contributed by atoms with Crippen molar-refractivity contribution in [2.45, 2.75) is 26.8 Å². The van der Waals surface area contributed by atoms with Crippen molar-refractivity contribution in [2.75, 3.05) is 11.4 Å². The van der Waals surface area contributed by atoms with E-state index in [1.54, 1.807) is 12.1 Å². The number of anilines is 1. The molecule has 1 N–H and O–H groups in total. The van der Waals surface area contributed by atoms with Crippen LogP contribution in [0.15, 0.2) is 22.7 Å². The fraction of sp³-hybridized carbons (Fsp3) is 0.417. The molecular weight excluding hydrogens is 270 g/mol. The molecule has 0 spiro atoms. The summed E-state index contributed by atoms with van der Waals surface area (Å²) in [5.41, 5.74) is 1.33. The van der Waals surface area contributed by atoms with Crippen LogP contribution in [0.1, 0.15) is 31.1 Å². The first-order valence-electron chi connectivity index (χ1n) is 5.26. The predicted octanol–water partition coefficient (Wildman–Crippen LogP) is 3.38. The quantitative estimate of drug-likeness (QED) is 0.922. The maximum absolute atomic E-state index is 10.8. The zero-order chi connectivity index (χ0) is 12.3. The average Bonchev–Trinajstić information content (AvgIpc) is 2.20. The van der Waals surface area contributed by atoms with E-state index in [0.717, 1.165) is 16.7 Å². The standard InChI is InChI=1S/C12H16BrNO2/c1-4-14(8(2)3)11-6-5-9(12(15)16)7-10(11)13/h5-8H,4H2,1-3H3,(H,15,16). The van der Waals surface area contributed by atoms with Gasteiger partial charge in [-0.3, -0.25) is 0 Å². The zero-order valence-corrected chi connectivity index (χ0v) is 11.3. The molecule has 16 heavy (non-hydrogen) atoms. The largest absolute Gasteiger partial charge is 0.478 e. The second kappa shape index (κ2) is 5.34. The molecular formula is C12H16BrNO2. The minimum absolute atomic E-state index is 0.301. The number of rotatable bonds is 4. The first-order chi connectivity index (χ1) is 7.47. The van der Waals surface area contributed by atoms with Crippen molar-refractivity contribution in [2.24, 2.45) is 0 Å². The van der Waals surface area contributed by atoms with Crippen LogP contribution in [0.5, 0.6) is 0 Å². The van der Waals surface area contributed by atoms with Gasteiger partial charge in [0.25, 0.3) is 0 Å². The minimum atomic E-state index is -0.903. The molecule has 1 aromatic rings. The Morgan fingerprint density at radius 3 is 2.50 bits per heavy atom. The van der Waals surface area contributed by atoms with Crippen LogP contribution in [0, 0.1) is 0 Å². The summed E-state index contributed by atoms with van der Waals surface area (Å²) >= 11 is 3.42. The fourth-order valence-corrected chi connectivity index (χ4v) is 2.29. The van der Waals surface area contributed by atoms with Crippen LogP contribution in [0.2, 0.25) is 0 Å². The highest BCUT2D eigenvalue weighted by atomic mass is 79.9. The van der Waals surface area contributed by atoms with Crippen molar-refractivity contribution in [1.29, 1.82) is 0 Å². The van der Waals surface area contributed by atoms with Gasteiger partial charge >= 0.3 is 5.97 Å². The Balaban J connectivity index is 3.11. The van der Waals surface area contributed by atoms with Crippen molar-refractivity contribution in [3.8, 4) is 0 Å². The van der Waals surface area contributed by atoms with Gasteiger partial charge in [0.05, 0.1) is 11.3 Å². The number of benzene rings is 1. The summed E-state index contributed by atoms with van der Waals surface area (Å²) in [6.07, 6.45) is 0. The highest BCUT2D eigenvalue weighted by Crippen LogP contribution is 2.28. The van der Waals surface area contributed by atoms with E-state index in [1.165, 1.54) is 0 Å². The average molecular weight is 286 g/mol. The summed E-state index contributed by atoms with van der Waals surface area (Å²) in [6.45, 7) is 7.20. The van der Waals surface area contributed by atoms with Gasteiger partial charge in [0.2, 0.25) is 0 Å². The normalized spacial score (nSPS) is 10.6. The molecule has 1 aromatic carbocycles. The van der Waals surface area contributed by atoms with Crippen LogP contribution in [0.4, 0.5) is 5.69 Å². The van der Waals surface area contributed by atoms with Gasteiger partial charge in [0.15, 0.2) is 0 Å². The smallest absolute Gasteiger partial charge is 0.335 e. The lowest BCUT2D eigenvalue weighted by atomic mass is 10.1. The molecule has 0 radical (unpaired) electrons.